The van der Waals surface area contributed by atoms with Crippen molar-refractivity contribution in [3.63, 3.8) is 0 Å². The van der Waals surface area contributed by atoms with Crippen LogP contribution in [-0.4, -0.2) is 63.8 Å². The van der Waals surface area contributed by atoms with E-state index < -0.39 is 0 Å². The molecule has 18 heavy (non-hydrogen) atoms. The Morgan fingerprint density at radius 3 is 2.56 bits per heavy atom. The summed E-state index contributed by atoms with van der Waals surface area (Å²) in [5.74, 6) is 0.0882. The van der Waals surface area contributed by atoms with Crippen LogP contribution in [-0.2, 0) is 9.53 Å². The van der Waals surface area contributed by atoms with Crippen LogP contribution in [0.2, 0.25) is 0 Å². The zero-order valence-electron chi connectivity index (χ0n) is 11.9. The van der Waals surface area contributed by atoms with Crippen molar-refractivity contribution in [2.45, 2.75) is 37.8 Å². The fourth-order valence-electron chi connectivity index (χ4n) is 2.51. The maximum Gasteiger partial charge on any atom is 0.234 e. The van der Waals surface area contributed by atoms with Crippen LogP contribution >= 0.6 is 0 Å². The number of rotatable bonds is 7. The molecule has 5 heteroatoms. The molecule has 0 aliphatic heterocycles. The monoisotopic (exact) mass is 257 g/mol. The summed E-state index contributed by atoms with van der Waals surface area (Å²) in [6, 6.07) is 1.20. The highest BCUT2D eigenvalue weighted by atomic mass is 16.5. The van der Waals surface area contributed by atoms with Gasteiger partial charge in [-0.2, -0.15) is 0 Å². The largest absolute Gasteiger partial charge is 0.383 e. The highest BCUT2D eigenvalue weighted by molar-refractivity contribution is 5.77. The Bertz CT molecular complexity index is 240. The number of hydrogen-bond donors (Lipinski definition) is 2. The number of methoxy groups -OCH3 is 1. The van der Waals surface area contributed by atoms with Crippen LogP contribution in [0.3, 0.4) is 0 Å². The SMILES string of the molecule is CNC1CCC(N(C)CC(=O)NCCOC)CC1. The van der Waals surface area contributed by atoms with Crippen LogP contribution in [0.4, 0.5) is 0 Å². The van der Waals surface area contributed by atoms with Crippen molar-refractivity contribution in [3.8, 4) is 0 Å². The van der Waals surface area contributed by atoms with Crippen LogP contribution in [0.1, 0.15) is 25.7 Å². The predicted octanol–water partition coefficient (Wildman–Crippen LogP) is 0.211. The second kappa shape index (κ2) is 8.45. The minimum absolute atomic E-state index is 0.0882. The van der Waals surface area contributed by atoms with E-state index in [0.717, 1.165) is 0 Å². The molecule has 1 aliphatic rings. The normalized spacial score (nSPS) is 24.2. The highest BCUT2D eigenvalue weighted by Gasteiger charge is 2.23. The molecule has 1 amide bonds. The van der Waals surface area contributed by atoms with E-state index in [4.69, 9.17) is 4.74 Å². The average molecular weight is 257 g/mol. The molecule has 1 aliphatic carbocycles. The molecule has 1 rings (SSSR count). The van der Waals surface area contributed by atoms with Gasteiger partial charge in [0, 0.05) is 25.7 Å². The molecule has 0 aromatic rings. The van der Waals surface area contributed by atoms with Gasteiger partial charge in [-0.25, -0.2) is 0 Å². The minimum Gasteiger partial charge on any atom is -0.383 e. The lowest BCUT2D eigenvalue weighted by atomic mass is 9.90. The quantitative estimate of drug-likeness (QED) is 0.640. The predicted molar refractivity (Wildman–Crippen MR) is 72.6 cm³/mol. The molecule has 2 N–H and O–H groups in total. The van der Waals surface area contributed by atoms with Gasteiger partial charge in [-0.15, -0.1) is 0 Å². The third kappa shape index (κ3) is 5.33. The van der Waals surface area contributed by atoms with Gasteiger partial charge in [-0.05, 0) is 39.8 Å². The Kier molecular flexibility index (Phi) is 7.23. The van der Waals surface area contributed by atoms with Crippen molar-refractivity contribution in [1.82, 2.24) is 15.5 Å². The van der Waals surface area contributed by atoms with Crippen LogP contribution in [0.25, 0.3) is 0 Å². The zero-order chi connectivity index (χ0) is 13.4. The molecule has 0 bridgehead atoms. The summed E-state index contributed by atoms with van der Waals surface area (Å²) in [5, 5.41) is 6.18. The number of nitrogens with one attached hydrogen (secondary N) is 2. The Hall–Kier alpha value is -0.650. The van der Waals surface area contributed by atoms with E-state index in [1.807, 2.05) is 14.1 Å². The summed E-state index contributed by atoms with van der Waals surface area (Å²) in [4.78, 5) is 13.8. The van der Waals surface area contributed by atoms with Gasteiger partial charge in [0.25, 0.3) is 0 Å². The summed E-state index contributed by atoms with van der Waals surface area (Å²) in [6.45, 7) is 1.65. The first-order valence-corrected chi connectivity index (χ1v) is 6.80. The second-order valence-corrected chi connectivity index (χ2v) is 5.05. The van der Waals surface area contributed by atoms with Crippen LogP contribution in [0.15, 0.2) is 0 Å². The van der Waals surface area contributed by atoms with E-state index in [0.29, 0.717) is 31.8 Å². The Morgan fingerprint density at radius 1 is 1.33 bits per heavy atom. The molecule has 5 nitrogen and oxygen atoms in total. The van der Waals surface area contributed by atoms with Crippen molar-refractivity contribution in [2.75, 3.05) is 40.9 Å². The summed E-state index contributed by atoms with van der Waals surface area (Å²) in [7, 11) is 5.71. The number of carbonyl (C=O) groups excluding carboxylic acids is 1. The first-order chi connectivity index (χ1) is 8.67. The maximum absolute atomic E-state index is 11.7. The smallest absolute Gasteiger partial charge is 0.234 e. The molecular formula is C13H27N3O2. The molecule has 0 aromatic carbocycles. The lowest BCUT2D eigenvalue weighted by Crippen LogP contribution is -2.44. The fraction of sp³-hybridized carbons (Fsp3) is 0.923. The molecule has 0 atom stereocenters. The van der Waals surface area contributed by atoms with Crippen LogP contribution in [0.5, 0.6) is 0 Å². The topological polar surface area (TPSA) is 53.6 Å². The van der Waals surface area contributed by atoms with Gasteiger partial charge in [0.1, 0.15) is 0 Å². The van der Waals surface area contributed by atoms with Crippen LogP contribution < -0.4 is 10.6 Å². The number of carbonyl (C=O) groups is 1. The Balaban J connectivity index is 2.20. The average Bonchev–Trinajstić information content (AvgIpc) is 2.39. The molecule has 1 fully saturated rings. The highest BCUT2D eigenvalue weighted by Crippen LogP contribution is 2.21. The van der Waals surface area contributed by atoms with E-state index in [2.05, 4.69) is 15.5 Å². The standard InChI is InChI=1S/C13H27N3O2/c1-14-11-4-6-12(7-5-11)16(2)10-13(17)15-8-9-18-3/h11-12,14H,4-10H2,1-3H3,(H,15,17). The van der Waals surface area contributed by atoms with Crippen molar-refractivity contribution >= 4 is 5.91 Å². The van der Waals surface area contributed by atoms with Gasteiger partial charge in [-0.1, -0.05) is 0 Å². The van der Waals surface area contributed by atoms with Crippen molar-refractivity contribution < 1.29 is 9.53 Å². The van der Waals surface area contributed by atoms with Crippen molar-refractivity contribution in [3.05, 3.63) is 0 Å². The zero-order valence-corrected chi connectivity index (χ0v) is 11.9. The molecule has 0 saturated heterocycles. The fourth-order valence-corrected chi connectivity index (χ4v) is 2.51. The summed E-state index contributed by atoms with van der Waals surface area (Å²) in [6.07, 6.45) is 4.76. The number of nitrogens with zero attached hydrogens (tertiary/aromatic N) is 1. The first kappa shape index (κ1) is 15.4. The first-order valence-electron chi connectivity index (χ1n) is 6.80. The van der Waals surface area contributed by atoms with E-state index in [1.54, 1.807) is 7.11 Å². The van der Waals surface area contributed by atoms with Gasteiger partial charge in [-0.3, -0.25) is 9.69 Å². The third-order valence-corrected chi connectivity index (χ3v) is 3.75. The number of likely N-dealkylation sites (N-methyl/N-ethyl adjacent to an activating group) is 1. The van der Waals surface area contributed by atoms with E-state index in [-0.39, 0.29) is 5.91 Å². The maximum atomic E-state index is 11.7. The third-order valence-electron chi connectivity index (χ3n) is 3.75. The van der Waals surface area contributed by atoms with Crippen molar-refractivity contribution in [1.29, 1.82) is 0 Å². The lowest BCUT2D eigenvalue weighted by molar-refractivity contribution is -0.122. The van der Waals surface area contributed by atoms with Gasteiger partial charge in [0.05, 0.1) is 13.2 Å². The molecule has 0 radical (unpaired) electrons. The summed E-state index contributed by atoms with van der Waals surface area (Å²) in [5.41, 5.74) is 0. The molecule has 0 unspecified atom stereocenters. The Labute approximate surface area is 110 Å². The molecule has 0 heterocycles. The number of amides is 1. The molecule has 0 aromatic heterocycles. The summed E-state index contributed by atoms with van der Waals surface area (Å²) < 4.78 is 4.90. The van der Waals surface area contributed by atoms with Gasteiger partial charge in [0.2, 0.25) is 5.91 Å². The number of hydrogen-bond acceptors (Lipinski definition) is 4. The van der Waals surface area contributed by atoms with Crippen LogP contribution in [0, 0.1) is 0 Å². The molecule has 1 saturated carbocycles. The lowest BCUT2D eigenvalue weighted by Gasteiger charge is -2.34. The van der Waals surface area contributed by atoms with Gasteiger partial charge < -0.3 is 15.4 Å². The van der Waals surface area contributed by atoms with Gasteiger partial charge >= 0.3 is 0 Å². The molecule has 0 spiro atoms. The van der Waals surface area contributed by atoms with Crippen molar-refractivity contribution in [2.24, 2.45) is 0 Å². The van der Waals surface area contributed by atoms with E-state index in [1.165, 1.54) is 25.7 Å². The second-order valence-electron chi connectivity index (χ2n) is 5.05. The molecule has 106 valence electrons. The summed E-state index contributed by atoms with van der Waals surface area (Å²) >= 11 is 0. The molecular weight excluding hydrogens is 230 g/mol. The number of ether oxygens (including phenoxy) is 1. The van der Waals surface area contributed by atoms with Gasteiger partial charge in [0.15, 0.2) is 0 Å². The van der Waals surface area contributed by atoms with E-state index in [9.17, 15) is 4.79 Å². The van der Waals surface area contributed by atoms with E-state index >= 15 is 0 Å². The Morgan fingerprint density at radius 2 is 2.00 bits per heavy atom. The minimum atomic E-state index is 0.0882.